The summed E-state index contributed by atoms with van der Waals surface area (Å²) in [7, 11) is 0. The third-order valence-electron chi connectivity index (χ3n) is 6.48. The molecule has 1 saturated heterocycles. The fourth-order valence-corrected chi connectivity index (χ4v) is 4.85. The third kappa shape index (κ3) is 5.61. The largest absolute Gasteiger partial charge is 0.486 e. The molecule has 2 aromatic carbocycles. The smallest absolute Gasteiger partial charge is 0.148 e. The van der Waals surface area contributed by atoms with Crippen LogP contribution in [0, 0.1) is 12.8 Å². The van der Waals surface area contributed by atoms with Crippen molar-refractivity contribution < 1.29 is 4.74 Å². The second kappa shape index (κ2) is 10.5. The van der Waals surface area contributed by atoms with Gasteiger partial charge >= 0.3 is 0 Å². The molecule has 1 aromatic heterocycles. The van der Waals surface area contributed by atoms with E-state index in [1.807, 2.05) is 24.3 Å². The second-order valence-electron chi connectivity index (χ2n) is 8.79. The summed E-state index contributed by atoms with van der Waals surface area (Å²) in [6.45, 7) is 9.66. The zero-order valence-corrected chi connectivity index (χ0v) is 19.6. The van der Waals surface area contributed by atoms with Gasteiger partial charge in [-0.25, -0.2) is 4.98 Å². The highest BCUT2D eigenvalue weighted by molar-refractivity contribution is 6.30. The summed E-state index contributed by atoms with van der Waals surface area (Å²) in [4.78, 5) is 7.57. The van der Waals surface area contributed by atoms with E-state index < -0.39 is 0 Å². The van der Waals surface area contributed by atoms with Crippen LogP contribution in [0.3, 0.4) is 0 Å². The molecule has 0 atom stereocenters. The molecule has 0 N–H and O–H groups in total. The molecule has 3 aromatic rings. The SMILES string of the molecule is CCCN1CCC(CCCn2c(COc3ccc(Cl)cc3)nc3c(C)cccc32)CC1. The number of imidazole rings is 1. The molecule has 0 bridgehead atoms. The van der Waals surface area contributed by atoms with E-state index in [2.05, 4.69) is 41.5 Å². The van der Waals surface area contributed by atoms with Gasteiger partial charge in [0.2, 0.25) is 0 Å². The highest BCUT2D eigenvalue weighted by Crippen LogP contribution is 2.25. The summed E-state index contributed by atoms with van der Waals surface area (Å²) >= 11 is 6.00. The average Bonchev–Trinajstić information content (AvgIpc) is 3.14. The maximum Gasteiger partial charge on any atom is 0.148 e. The lowest BCUT2D eigenvalue weighted by Gasteiger charge is -2.31. The van der Waals surface area contributed by atoms with Crippen molar-refractivity contribution in [1.82, 2.24) is 14.5 Å². The van der Waals surface area contributed by atoms with E-state index >= 15 is 0 Å². The third-order valence-corrected chi connectivity index (χ3v) is 6.73. The number of para-hydroxylation sites is 1. The number of rotatable bonds is 9. The standard InChI is InChI=1S/C26H34ClN3O/c1-3-15-29-17-13-21(14-18-29)7-5-16-30-24-8-4-6-20(2)26(24)28-25(30)19-31-23-11-9-22(27)10-12-23/h4,6,8-12,21H,3,5,7,13-19H2,1-2H3. The van der Waals surface area contributed by atoms with E-state index in [4.69, 9.17) is 21.3 Å². The minimum absolute atomic E-state index is 0.463. The van der Waals surface area contributed by atoms with Crippen LogP contribution in [-0.4, -0.2) is 34.1 Å². The molecule has 0 saturated carbocycles. The zero-order valence-electron chi connectivity index (χ0n) is 18.8. The number of aromatic nitrogens is 2. The number of aryl methyl sites for hydroxylation is 2. The van der Waals surface area contributed by atoms with E-state index in [1.54, 1.807) is 0 Å². The lowest BCUT2D eigenvalue weighted by molar-refractivity contribution is 0.177. The average molecular weight is 440 g/mol. The topological polar surface area (TPSA) is 30.3 Å². The lowest BCUT2D eigenvalue weighted by atomic mass is 9.92. The molecule has 0 radical (unpaired) electrons. The summed E-state index contributed by atoms with van der Waals surface area (Å²) in [5.41, 5.74) is 3.52. The number of nitrogens with zero attached hydrogens (tertiary/aromatic N) is 3. The highest BCUT2D eigenvalue weighted by Gasteiger charge is 2.19. The molecule has 31 heavy (non-hydrogen) atoms. The van der Waals surface area contributed by atoms with Gasteiger partial charge in [0.15, 0.2) is 0 Å². The molecule has 4 nitrogen and oxygen atoms in total. The molecule has 1 fully saturated rings. The van der Waals surface area contributed by atoms with E-state index in [1.165, 1.54) is 62.8 Å². The summed E-state index contributed by atoms with van der Waals surface area (Å²) in [6, 6.07) is 14.0. The van der Waals surface area contributed by atoms with Gasteiger partial charge in [0.1, 0.15) is 18.2 Å². The van der Waals surface area contributed by atoms with Gasteiger partial charge in [0.25, 0.3) is 0 Å². The first-order valence-corrected chi connectivity index (χ1v) is 12.1. The molecule has 166 valence electrons. The Morgan fingerprint density at radius 2 is 1.84 bits per heavy atom. The van der Waals surface area contributed by atoms with Crippen molar-refractivity contribution in [3.8, 4) is 5.75 Å². The molecule has 4 rings (SSSR count). The molecule has 5 heteroatoms. The Kier molecular flexibility index (Phi) is 7.52. The number of hydrogen-bond donors (Lipinski definition) is 0. The van der Waals surface area contributed by atoms with Gasteiger partial charge in [-0.1, -0.05) is 30.7 Å². The predicted octanol–water partition coefficient (Wildman–Crippen LogP) is 6.48. The van der Waals surface area contributed by atoms with Crippen molar-refractivity contribution in [3.63, 3.8) is 0 Å². The first-order valence-electron chi connectivity index (χ1n) is 11.7. The van der Waals surface area contributed by atoms with Gasteiger partial charge in [0.05, 0.1) is 11.0 Å². The minimum Gasteiger partial charge on any atom is -0.486 e. The minimum atomic E-state index is 0.463. The van der Waals surface area contributed by atoms with Gasteiger partial charge in [-0.2, -0.15) is 0 Å². The summed E-state index contributed by atoms with van der Waals surface area (Å²) in [5.74, 6) is 2.67. The summed E-state index contributed by atoms with van der Waals surface area (Å²) in [6.07, 6.45) is 6.43. The van der Waals surface area contributed by atoms with Crippen molar-refractivity contribution in [1.29, 1.82) is 0 Å². The Balaban J connectivity index is 1.41. The Morgan fingerprint density at radius 3 is 2.58 bits per heavy atom. The first-order chi connectivity index (χ1) is 15.1. The molecule has 0 aliphatic carbocycles. The van der Waals surface area contributed by atoms with Crippen molar-refractivity contribution >= 4 is 22.6 Å². The van der Waals surface area contributed by atoms with Gasteiger partial charge in [-0.3, -0.25) is 0 Å². The number of fused-ring (bicyclic) bond motifs is 1. The molecule has 1 aliphatic heterocycles. The first kappa shape index (κ1) is 22.2. The van der Waals surface area contributed by atoms with E-state index in [0.29, 0.717) is 6.61 Å². The Bertz CT molecular complexity index is 974. The van der Waals surface area contributed by atoms with Crippen LogP contribution in [0.5, 0.6) is 5.75 Å². The monoisotopic (exact) mass is 439 g/mol. The van der Waals surface area contributed by atoms with E-state index in [0.717, 1.165) is 34.6 Å². The summed E-state index contributed by atoms with van der Waals surface area (Å²) in [5, 5.41) is 0.718. The normalized spacial score (nSPS) is 15.6. The van der Waals surface area contributed by atoms with Gasteiger partial charge in [-0.05, 0) is 100 Å². The quantitative estimate of drug-likeness (QED) is 0.382. The molecular weight excluding hydrogens is 406 g/mol. The number of halogens is 1. The number of hydrogen-bond acceptors (Lipinski definition) is 3. The predicted molar refractivity (Wildman–Crippen MR) is 129 cm³/mol. The van der Waals surface area contributed by atoms with E-state index in [-0.39, 0.29) is 0 Å². The van der Waals surface area contributed by atoms with Crippen molar-refractivity contribution in [3.05, 3.63) is 58.9 Å². The maximum atomic E-state index is 6.04. The number of ether oxygens (including phenoxy) is 1. The zero-order chi connectivity index (χ0) is 21.6. The molecule has 0 amide bonds. The van der Waals surface area contributed by atoms with Crippen LogP contribution in [0.15, 0.2) is 42.5 Å². The Morgan fingerprint density at radius 1 is 1.06 bits per heavy atom. The van der Waals surface area contributed by atoms with Crippen molar-refractivity contribution in [2.24, 2.45) is 5.92 Å². The van der Waals surface area contributed by atoms with Crippen LogP contribution < -0.4 is 4.74 Å². The van der Waals surface area contributed by atoms with Crippen LogP contribution in [-0.2, 0) is 13.2 Å². The van der Waals surface area contributed by atoms with Crippen LogP contribution in [0.25, 0.3) is 11.0 Å². The summed E-state index contributed by atoms with van der Waals surface area (Å²) < 4.78 is 8.41. The Labute approximate surface area is 191 Å². The number of piperidine rings is 1. The van der Waals surface area contributed by atoms with Crippen LogP contribution >= 0.6 is 11.6 Å². The fourth-order valence-electron chi connectivity index (χ4n) is 4.73. The van der Waals surface area contributed by atoms with Crippen molar-refractivity contribution in [2.75, 3.05) is 19.6 Å². The van der Waals surface area contributed by atoms with Crippen LogP contribution in [0.4, 0.5) is 0 Å². The molecule has 1 aliphatic rings. The maximum absolute atomic E-state index is 6.04. The molecule has 0 spiro atoms. The number of likely N-dealkylation sites (tertiary alicyclic amines) is 1. The van der Waals surface area contributed by atoms with Crippen LogP contribution in [0.2, 0.25) is 5.02 Å². The molecule has 0 unspecified atom stereocenters. The van der Waals surface area contributed by atoms with E-state index in [9.17, 15) is 0 Å². The lowest BCUT2D eigenvalue weighted by Crippen LogP contribution is -2.34. The highest BCUT2D eigenvalue weighted by atomic mass is 35.5. The van der Waals surface area contributed by atoms with Gasteiger partial charge in [0, 0.05) is 11.6 Å². The number of benzene rings is 2. The Hall–Kier alpha value is -2.04. The van der Waals surface area contributed by atoms with Gasteiger partial charge in [-0.15, -0.1) is 0 Å². The van der Waals surface area contributed by atoms with Crippen LogP contribution in [0.1, 0.15) is 50.4 Å². The molecular formula is C26H34ClN3O. The van der Waals surface area contributed by atoms with Crippen molar-refractivity contribution in [2.45, 2.75) is 59.1 Å². The second-order valence-corrected chi connectivity index (χ2v) is 9.23. The van der Waals surface area contributed by atoms with Gasteiger partial charge < -0.3 is 14.2 Å². The fraction of sp³-hybridized carbons (Fsp3) is 0.500. The molecule has 2 heterocycles.